The number of halogens is 1. The van der Waals surface area contributed by atoms with E-state index in [1.807, 2.05) is 0 Å². The number of fused-ring (bicyclic) bond motifs is 12. The van der Waals surface area contributed by atoms with E-state index in [1.54, 1.807) is 0 Å². The molecule has 20 aromatic rings. The smallest absolute Gasteiger partial charge is 0.399 e. The van der Waals surface area contributed by atoms with Crippen LogP contribution in [0.25, 0.3) is 187 Å². The van der Waals surface area contributed by atoms with E-state index in [2.05, 4.69) is 508 Å². The summed E-state index contributed by atoms with van der Waals surface area (Å²) in [6, 6.07) is 143. The van der Waals surface area contributed by atoms with E-state index in [9.17, 15) is 0 Å². The predicted octanol–water partition coefficient (Wildman–Crippen LogP) is 33.9. The van der Waals surface area contributed by atoms with Gasteiger partial charge in [-0.3, -0.25) is 0 Å². The number of rotatable bonds is 11. The molecule has 2 heterocycles. The normalized spacial score (nSPS) is 15.4. The number of benzene rings is 20. The molecular weight excluding hydrogens is 1710 g/mol. The second kappa shape index (κ2) is 33.7. The zero-order valence-corrected chi connectivity index (χ0v) is 81.7. The van der Waals surface area contributed by atoms with Crippen LogP contribution in [0.4, 0.5) is 0 Å². The van der Waals surface area contributed by atoms with Gasteiger partial charge < -0.3 is 18.6 Å². The summed E-state index contributed by atoms with van der Waals surface area (Å²) < 4.78 is 26.3. The first-order valence-corrected chi connectivity index (χ1v) is 48.8. The fourth-order valence-corrected chi connectivity index (χ4v) is 22.6. The molecule has 0 atom stereocenters. The highest BCUT2D eigenvalue weighted by molar-refractivity contribution is 9.10. The summed E-state index contributed by atoms with van der Waals surface area (Å²) in [5.41, 5.74) is 37.7. The van der Waals surface area contributed by atoms with Gasteiger partial charge in [-0.15, -0.1) is 0 Å². The maximum absolute atomic E-state index is 6.27. The Balaban J connectivity index is 0.000000136. The van der Waals surface area contributed by atoms with Crippen LogP contribution in [-0.4, -0.2) is 36.6 Å². The quantitative estimate of drug-likeness (QED) is 0.0955. The van der Waals surface area contributed by atoms with Gasteiger partial charge in [0.15, 0.2) is 0 Å². The van der Waals surface area contributed by atoms with Crippen LogP contribution in [0.5, 0.6) is 0 Å². The minimum absolute atomic E-state index is 0.123. The van der Waals surface area contributed by atoms with Crippen molar-refractivity contribution in [1.29, 1.82) is 0 Å². The second-order valence-electron chi connectivity index (χ2n) is 40.8. The monoisotopic (exact) mass is 1820 g/mol. The molecule has 0 aromatic heterocycles. The van der Waals surface area contributed by atoms with Crippen molar-refractivity contribution in [2.75, 3.05) is 0 Å². The van der Waals surface area contributed by atoms with E-state index in [0.29, 0.717) is 0 Å². The Labute approximate surface area is 809 Å². The van der Waals surface area contributed by atoms with Crippen molar-refractivity contribution in [3.63, 3.8) is 0 Å². The van der Waals surface area contributed by atoms with Gasteiger partial charge in [0, 0.05) is 15.3 Å². The third-order valence-corrected chi connectivity index (χ3v) is 31.7. The maximum Gasteiger partial charge on any atom is 0.494 e. The molecule has 2 fully saturated rings. The Morgan fingerprint density at radius 3 is 0.603 bits per heavy atom. The molecule has 2 saturated heterocycles. The Morgan fingerprint density at radius 1 is 0.184 bits per heavy atom. The summed E-state index contributed by atoms with van der Waals surface area (Å²) in [6.45, 7) is 32.8. The highest BCUT2D eigenvalue weighted by Crippen LogP contribution is 2.55. The molecule has 662 valence electrons. The molecule has 0 bridgehead atoms. The van der Waals surface area contributed by atoms with Crippen molar-refractivity contribution in [2.45, 2.75) is 137 Å². The highest BCUT2D eigenvalue weighted by Gasteiger charge is 2.53. The van der Waals surface area contributed by atoms with Crippen molar-refractivity contribution < 1.29 is 18.6 Å². The van der Waals surface area contributed by atoms with Gasteiger partial charge in [0.1, 0.15) is 0 Å². The first-order chi connectivity index (χ1) is 65.6. The topological polar surface area (TPSA) is 36.9 Å². The summed E-state index contributed by atoms with van der Waals surface area (Å²) in [7, 11) is -0.710. The maximum atomic E-state index is 6.27. The first kappa shape index (κ1) is 87.7. The average Bonchev–Trinajstić information content (AvgIpc) is 1.10. The van der Waals surface area contributed by atoms with Gasteiger partial charge in [-0.05, 0) is 353 Å². The minimum atomic E-state index is -0.355. The third kappa shape index (κ3) is 14.9. The van der Waals surface area contributed by atoms with E-state index >= 15 is 0 Å². The van der Waals surface area contributed by atoms with Crippen molar-refractivity contribution in [3.05, 3.63) is 432 Å². The van der Waals surface area contributed by atoms with E-state index < -0.39 is 0 Å². The molecule has 24 rings (SSSR count). The number of aryl methyl sites for hydroxylation is 3. The van der Waals surface area contributed by atoms with Gasteiger partial charge in [-0.25, -0.2) is 0 Å². The first-order valence-electron chi connectivity index (χ1n) is 48.0. The van der Waals surface area contributed by atoms with Gasteiger partial charge in [0.25, 0.3) is 0 Å². The summed E-state index contributed by atoms with van der Waals surface area (Å²) in [5.74, 6) is 0. The second-order valence-corrected chi connectivity index (χ2v) is 41.6. The lowest BCUT2D eigenvalue weighted by molar-refractivity contribution is 0.00578. The number of hydrogen-bond donors (Lipinski definition) is 0. The van der Waals surface area contributed by atoms with Gasteiger partial charge in [0.2, 0.25) is 0 Å². The Hall–Kier alpha value is -13.6. The van der Waals surface area contributed by atoms with Gasteiger partial charge in [-0.1, -0.05) is 392 Å². The molecule has 7 heteroatoms. The lowest BCUT2D eigenvalue weighted by Crippen LogP contribution is -2.41. The fraction of sp³-hybridized carbons (Fsp3) is 0.163. The van der Waals surface area contributed by atoms with Crippen LogP contribution in [0.2, 0.25) is 0 Å². The van der Waals surface area contributed by atoms with Gasteiger partial charge >= 0.3 is 14.2 Å². The predicted molar refractivity (Wildman–Crippen MR) is 582 cm³/mol. The van der Waals surface area contributed by atoms with Gasteiger partial charge in [-0.2, -0.15) is 0 Å². The van der Waals surface area contributed by atoms with E-state index in [-0.39, 0.29) is 47.5 Å². The molecule has 2 aliphatic heterocycles. The zero-order chi connectivity index (χ0) is 93.6. The Morgan fingerprint density at radius 2 is 0.368 bits per heavy atom. The van der Waals surface area contributed by atoms with Crippen LogP contribution < -0.4 is 10.9 Å². The van der Waals surface area contributed by atoms with E-state index in [4.69, 9.17) is 18.6 Å². The van der Waals surface area contributed by atoms with Crippen molar-refractivity contribution in [3.8, 4) is 122 Å². The molecular formula is C129H109B2BrO4. The molecule has 136 heavy (non-hydrogen) atoms. The molecule has 0 radical (unpaired) electrons. The molecule has 2 aliphatic carbocycles. The van der Waals surface area contributed by atoms with Crippen LogP contribution in [0, 0.1) is 20.8 Å². The SMILES string of the molecule is CC1(C)c2cc(-c3ccc(B4OC(C)(C)C(C)(C)O4)cc3)ccc2-c2ccc(-c3ccc(B4OC(C)(C)C(C)(C)O4)cc3)cc21.Cc1ccccc1-c1c2ccccc2c(-c2ccc(-c3ccc4c(c3)C(C)(C)c3cc(-c5ccc(-c6c7ccccc7c(-c7ccccc7C)c7ccccc67)cc5)ccc3-4)cc2)c2ccccc12.Cc1ccccc1-c1c2ccccc2c(Br)c2ccccc12. The van der Waals surface area contributed by atoms with E-state index in [0.717, 1.165) is 10.9 Å². The summed E-state index contributed by atoms with van der Waals surface area (Å²) in [4.78, 5) is 0. The van der Waals surface area contributed by atoms with Crippen molar-refractivity contribution >= 4 is 106 Å². The standard InChI is InChI=1S/C69H50.C39H44B2O4.C21H15Br/c1-43-17-5-7-19-51(43)67-59-25-13-9-21-55(59)65(56-22-10-14-26-60(56)67)47-33-29-45(30-34-47)49-37-39-53-54-40-38-50(42-64(54)69(3,4)63(53)41-49)46-31-35-48(36-32-46)66-57-23-11-15-27-61(57)68(52-20-8-6-18-44(52)2)62-28-16-12-24-58(62)66;1-35(2)33-23-27(25-11-17-29(18-12-25)40-42-36(3,4)37(5,6)43-40)15-21-31(33)32-22-16-28(24-34(32)35)26-13-19-30(20-14-26)41-44-38(7,8)39(9,10)45-41;1-14-8-2-3-9-15(14)20-16-10-4-6-12-18(16)21(22)19-13-7-5-11-17(19)20/h5-42H,1-4H3;11-24H,1-10H3;2-13H,1H3. The summed E-state index contributed by atoms with van der Waals surface area (Å²) in [6.07, 6.45) is 0. The van der Waals surface area contributed by atoms with Crippen molar-refractivity contribution in [1.82, 2.24) is 0 Å². The largest absolute Gasteiger partial charge is 0.494 e. The zero-order valence-electron chi connectivity index (χ0n) is 80.1. The lowest BCUT2D eigenvalue weighted by atomic mass is 9.78. The highest BCUT2D eigenvalue weighted by atomic mass is 79.9. The molecule has 0 amide bonds. The Bertz CT molecular complexity index is 7600. The third-order valence-electron chi connectivity index (χ3n) is 30.9. The summed E-state index contributed by atoms with van der Waals surface area (Å²) >= 11 is 3.81. The average molecular weight is 1820 g/mol. The van der Waals surface area contributed by atoms with Crippen LogP contribution in [0.15, 0.2) is 393 Å². The Kier molecular flexibility index (Phi) is 21.8. The number of hydrogen-bond acceptors (Lipinski definition) is 4. The van der Waals surface area contributed by atoms with Crippen LogP contribution in [0.1, 0.15) is 122 Å². The van der Waals surface area contributed by atoms with Crippen molar-refractivity contribution in [2.24, 2.45) is 0 Å². The molecule has 20 aromatic carbocycles. The lowest BCUT2D eigenvalue weighted by Gasteiger charge is -2.32. The van der Waals surface area contributed by atoms with E-state index in [1.165, 1.54) is 230 Å². The molecule has 0 N–H and O–H groups in total. The molecule has 4 nitrogen and oxygen atoms in total. The summed E-state index contributed by atoms with van der Waals surface area (Å²) in [5, 5.41) is 15.4. The molecule has 0 saturated carbocycles. The molecule has 4 aliphatic rings. The molecule has 0 unspecified atom stereocenters. The van der Waals surface area contributed by atoms with Gasteiger partial charge in [0.05, 0.1) is 22.4 Å². The van der Waals surface area contributed by atoms with Crippen LogP contribution >= 0.6 is 15.9 Å². The minimum Gasteiger partial charge on any atom is -0.399 e. The molecule has 0 spiro atoms. The fourth-order valence-electron chi connectivity index (χ4n) is 21.9. The van der Waals surface area contributed by atoms with Crippen LogP contribution in [0.3, 0.4) is 0 Å². The van der Waals surface area contributed by atoms with Crippen LogP contribution in [-0.2, 0) is 29.4 Å².